The molecule has 1 aliphatic heterocycles. The number of hydrogen-bond acceptors (Lipinski definition) is 18. The maximum Gasteiger partial charge on any atom is 0.415 e. The van der Waals surface area contributed by atoms with Gasteiger partial charge in [0.2, 0.25) is 17.7 Å². The topological polar surface area (TPSA) is 282 Å². The fourth-order valence-electron chi connectivity index (χ4n) is 15.2. The smallest absolute Gasteiger partial charge is 0.415 e. The number of ketones is 2. The molecule has 1 aromatic heterocycles. The van der Waals surface area contributed by atoms with Gasteiger partial charge in [0.1, 0.15) is 15.8 Å². The van der Waals surface area contributed by atoms with Gasteiger partial charge in [-0.05, 0) is 144 Å². The van der Waals surface area contributed by atoms with Gasteiger partial charge in [0, 0.05) is 98.6 Å². The van der Waals surface area contributed by atoms with Crippen LogP contribution in [0.4, 0.5) is 4.79 Å². The lowest BCUT2D eigenvalue weighted by Gasteiger charge is -2.58. The highest BCUT2D eigenvalue weighted by atomic mass is 32.2. The van der Waals surface area contributed by atoms with Crippen molar-refractivity contribution in [3.05, 3.63) is 45.5 Å². The van der Waals surface area contributed by atoms with Crippen LogP contribution < -0.4 is 15.4 Å². The second-order valence-electron chi connectivity index (χ2n) is 26.4. The number of carbonyl (C=O) groups excluding carboxylic acids is 6. The van der Waals surface area contributed by atoms with Gasteiger partial charge >= 0.3 is 12.1 Å². The molecular weight excluding hydrogens is 1180 g/mol. The first-order chi connectivity index (χ1) is 42.5. The highest BCUT2D eigenvalue weighted by molar-refractivity contribution is 8.15. The summed E-state index contributed by atoms with van der Waals surface area (Å²) in [6.45, 7) is 16.6. The van der Waals surface area contributed by atoms with Gasteiger partial charge in [-0.15, -0.1) is 23.1 Å². The summed E-state index contributed by atoms with van der Waals surface area (Å²) in [6, 6.07) is 4.19. The summed E-state index contributed by atoms with van der Waals surface area (Å²) in [4.78, 5) is 102. The Kier molecular flexibility index (Phi) is 25.0. The van der Waals surface area contributed by atoms with Crippen molar-refractivity contribution in [2.45, 2.75) is 150 Å². The summed E-state index contributed by atoms with van der Waals surface area (Å²) in [7, 11) is 1.62. The van der Waals surface area contributed by atoms with Crippen molar-refractivity contribution >= 4 is 79.7 Å². The third kappa shape index (κ3) is 17.7. The Morgan fingerprint density at radius 1 is 0.798 bits per heavy atom. The lowest BCUT2D eigenvalue weighted by molar-refractivity contribution is -0.138. The van der Waals surface area contributed by atoms with Crippen LogP contribution in [0.5, 0.6) is 5.75 Å². The largest absolute Gasteiger partial charge is 0.480 e. The number of ether oxygens (including phenoxy) is 5. The number of amides is 4. The SMILES string of the molecule is CC1=C(C)C(=O)C(C(C)(C)CC(=O)N(C)CCN(CCOCCOCCOCCOCCC(=O)NCCCNC(=O)CC[C@H](C)[C@@H]2CC[C@@H]3[C@@H]4[C@@H](CC[C@]32C)[C@@H]2CC[C@H](O)C[C@@H]2C[C@@H]4O)C(=O)Oc2ccc3nc(C4=NC(C(=O)O)CS4)sc3c2)=C(C)C1=O. The summed E-state index contributed by atoms with van der Waals surface area (Å²) in [6.07, 6.45) is 9.37. The van der Waals surface area contributed by atoms with Crippen molar-refractivity contribution in [1.29, 1.82) is 0 Å². The van der Waals surface area contributed by atoms with Crippen molar-refractivity contribution in [3.63, 3.8) is 0 Å². The van der Waals surface area contributed by atoms with E-state index in [1.165, 1.54) is 58.6 Å². The molecule has 4 amide bonds. The van der Waals surface area contributed by atoms with Gasteiger partial charge < -0.3 is 59.4 Å². The van der Waals surface area contributed by atoms with Gasteiger partial charge in [0.05, 0.1) is 75.3 Å². The molecule has 8 rings (SSSR count). The van der Waals surface area contributed by atoms with Crippen LogP contribution in [-0.2, 0) is 47.7 Å². The van der Waals surface area contributed by atoms with Gasteiger partial charge in [-0.1, -0.05) is 27.7 Å². The molecule has 0 radical (unpaired) electrons. The molecule has 4 fully saturated rings. The molecule has 492 valence electrons. The number of allylic oxidation sites excluding steroid dienone is 4. The maximum absolute atomic E-state index is 13.8. The van der Waals surface area contributed by atoms with Gasteiger partial charge in [0.25, 0.3) is 0 Å². The number of nitrogens with one attached hydrogen (secondary N) is 2. The number of fused-ring (bicyclic) bond motifs is 6. The van der Waals surface area contributed by atoms with Crippen LogP contribution in [0, 0.1) is 52.3 Å². The van der Waals surface area contributed by atoms with E-state index in [1.54, 1.807) is 59.9 Å². The zero-order valence-electron chi connectivity index (χ0n) is 53.4. The van der Waals surface area contributed by atoms with E-state index in [-0.39, 0.29) is 112 Å². The van der Waals surface area contributed by atoms with Crippen molar-refractivity contribution in [3.8, 4) is 5.75 Å². The molecule has 5 N–H and O–H groups in total. The molecule has 89 heavy (non-hydrogen) atoms. The first-order valence-corrected chi connectivity index (χ1v) is 34.0. The van der Waals surface area contributed by atoms with E-state index < -0.39 is 23.5 Å². The van der Waals surface area contributed by atoms with Crippen LogP contribution >= 0.6 is 23.1 Å². The number of aliphatic imine (C=N–C) groups is 1. The van der Waals surface area contributed by atoms with Gasteiger partial charge in [-0.2, -0.15) is 0 Å². The van der Waals surface area contributed by atoms with Crippen LogP contribution in [-0.4, -0.2) is 193 Å². The average molecular weight is 1280 g/mol. The van der Waals surface area contributed by atoms with Gasteiger partial charge in [-0.3, -0.25) is 29.0 Å². The van der Waals surface area contributed by atoms with E-state index in [4.69, 9.17) is 23.7 Å². The molecule has 21 nitrogen and oxygen atoms in total. The Morgan fingerprint density at radius 3 is 2.15 bits per heavy atom. The third-order valence-electron chi connectivity index (χ3n) is 20.1. The third-order valence-corrected chi connectivity index (χ3v) is 22.4. The number of rotatable bonds is 32. The number of aromatic nitrogens is 1. The number of carboxylic acids is 1. The number of nitrogens with zero attached hydrogens (tertiary/aromatic N) is 4. The molecule has 0 saturated heterocycles. The van der Waals surface area contributed by atoms with E-state index in [0.29, 0.717) is 142 Å². The molecule has 11 atom stereocenters. The van der Waals surface area contributed by atoms with Crippen LogP contribution in [0.3, 0.4) is 0 Å². The number of likely N-dealkylation sites (N-methyl/N-ethyl adjacent to an activating group) is 1. The molecule has 4 saturated carbocycles. The van der Waals surface area contributed by atoms with Crippen LogP contribution in [0.2, 0.25) is 0 Å². The molecule has 5 aliphatic carbocycles. The minimum atomic E-state index is -0.996. The Hall–Kier alpha value is -5.14. The predicted octanol–water partition coefficient (Wildman–Crippen LogP) is 7.82. The number of aliphatic carboxylic acids is 1. The van der Waals surface area contributed by atoms with Crippen molar-refractivity contribution < 1.29 is 72.6 Å². The van der Waals surface area contributed by atoms with Gasteiger partial charge in [0.15, 0.2) is 17.6 Å². The molecule has 0 spiro atoms. The van der Waals surface area contributed by atoms with E-state index >= 15 is 0 Å². The van der Waals surface area contributed by atoms with E-state index in [2.05, 4.69) is 34.5 Å². The minimum Gasteiger partial charge on any atom is -0.480 e. The first kappa shape index (κ1) is 69.7. The minimum absolute atomic E-state index is 0.0461. The summed E-state index contributed by atoms with van der Waals surface area (Å²) in [5.74, 6) is 2.34. The van der Waals surface area contributed by atoms with Crippen LogP contribution in [0.1, 0.15) is 137 Å². The zero-order valence-corrected chi connectivity index (χ0v) is 55.1. The Bertz CT molecular complexity index is 2960. The average Bonchev–Trinajstić information content (AvgIpc) is 1.78. The van der Waals surface area contributed by atoms with Crippen LogP contribution in [0.15, 0.2) is 45.5 Å². The number of benzene rings is 1. The van der Waals surface area contributed by atoms with Crippen LogP contribution in [0.25, 0.3) is 10.2 Å². The van der Waals surface area contributed by atoms with Crippen molar-refractivity contribution in [2.75, 3.05) is 98.4 Å². The number of thiazole rings is 1. The quantitative estimate of drug-likeness (QED) is 0.0345. The molecule has 1 unspecified atom stereocenters. The lowest BCUT2D eigenvalue weighted by atomic mass is 9.48. The monoisotopic (exact) mass is 1280 g/mol. The molecule has 2 heterocycles. The second-order valence-corrected chi connectivity index (χ2v) is 28.5. The van der Waals surface area contributed by atoms with Gasteiger partial charge in [-0.25, -0.2) is 14.6 Å². The van der Waals surface area contributed by atoms with Crippen molar-refractivity contribution in [2.24, 2.45) is 57.2 Å². The fourth-order valence-corrected chi connectivity index (χ4v) is 17.3. The molecule has 6 aliphatic rings. The molecule has 0 bridgehead atoms. The molecule has 2 aromatic rings. The van der Waals surface area contributed by atoms with E-state index in [0.717, 1.165) is 32.1 Å². The number of carboxylic acid groups (broad SMARTS) is 1. The Labute approximate surface area is 532 Å². The lowest BCUT2D eigenvalue weighted by Crippen LogP contribution is -2.54. The second kappa shape index (κ2) is 31.9. The van der Waals surface area contributed by atoms with E-state index in [9.17, 15) is 48.9 Å². The first-order valence-electron chi connectivity index (χ1n) is 32.2. The number of carbonyl (C=O) groups is 7. The normalized spacial score (nSPS) is 26.4. The molecular formula is C66H96N6O15S2. The summed E-state index contributed by atoms with van der Waals surface area (Å²) >= 11 is 2.64. The number of hydrogen-bond donors (Lipinski definition) is 5. The molecule has 23 heteroatoms. The summed E-state index contributed by atoms with van der Waals surface area (Å²) in [5, 5.41) is 38.3. The number of Topliss-reactive ketones (excluding diaryl/α,β-unsaturated/α-hetero) is 2. The standard InChI is InChI=1S/C66H96N6O15S2/c1-39(48-14-15-49-57-47(18-20-66(48,49)7)46-13-11-44(73)34-43(46)35-52(57)74)10-17-54(75)67-21-9-22-68-55(76)19-26-83-28-30-85-32-33-86-31-29-84-27-25-72(24-23-71(8)56(77)37-65(5,6)58-42(4)59(78)40(2)41(3)60(58)79)64(82)87-45-12-16-50-53(36-45)89-62(69-50)61-70-51(38-88-61)63(80)81/h12,16,36,39,43-44,46-49,51-52,57,73-74H,9-11,13-15,17-35,37-38H2,1-8H3,(H,67,75)(H,68,76)(H,80,81)/t39-,43+,44-,46+,47-,48-,49+,51?,52-,57-,66-/m0/s1. The summed E-state index contributed by atoms with van der Waals surface area (Å²) in [5.41, 5.74) is 1.34. The maximum atomic E-state index is 13.8. The Morgan fingerprint density at radius 2 is 1.46 bits per heavy atom. The van der Waals surface area contributed by atoms with Crippen molar-refractivity contribution in [1.82, 2.24) is 25.4 Å². The number of thioether (sulfide) groups is 1. The number of aliphatic hydroxyl groups is 2. The summed E-state index contributed by atoms with van der Waals surface area (Å²) < 4.78 is 29.3. The predicted molar refractivity (Wildman–Crippen MR) is 340 cm³/mol. The highest BCUT2D eigenvalue weighted by Crippen LogP contribution is 2.65. The van der Waals surface area contributed by atoms with E-state index in [1.807, 2.05) is 0 Å². The Balaban J connectivity index is 0.666. The zero-order chi connectivity index (χ0) is 64.2. The fraction of sp³-hybridized carbons (Fsp3) is 0.712. The molecule has 1 aromatic carbocycles. The number of aliphatic hydroxyl groups excluding tert-OH is 2. The highest BCUT2D eigenvalue weighted by Gasteiger charge is 2.60.